The van der Waals surface area contributed by atoms with E-state index in [4.69, 9.17) is 0 Å². The predicted octanol–water partition coefficient (Wildman–Crippen LogP) is 21.3. The molecule has 2 nitrogen and oxygen atoms in total. The van der Waals surface area contributed by atoms with Gasteiger partial charge in [0.2, 0.25) is 0 Å². The number of nitrogens with zero attached hydrogens (tertiary/aromatic N) is 2. The number of fused-ring (bicyclic) bond motifs is 7. The van der Waals surface area contributed by atoms with Gasteiger partial charge in [-0.3, -0.25) is 0 Å². The van der Waals surface area contributed by atoms with E-state index in [0.717, 1.165) is 6.54 Å². The lowest BCUT2D eigenvalue weighted by molar-refractivity contribution is 0.401. The monoisotopic (exact) mass is 1000 g/mol. The molecule has 77 heavy (non-hydrogen) atoms. The number of hydrogen-bond acceptors (Lipinski definition) is 1. The van der Waals surface area contributed by atoms with E-state index < -0.39 is 0 Å². The third-order valence-electron chi connectivity index (χ3n) is 17.1. The summed E-state index contributed by atoms with van der Waals surface area (Å²) in [5.41, 5.74) is 24.7. The van der Waals surface area contributed by atoms with Crippen molar-refractivity contribution < 1.29 is 0 Å². The van der Waals surface area contributed by atoms with Crippen LogP contribution in [0.15, 0.2) is 224 Å². The van der Waals surface area contributed by atoms with Gasteiger partial charge in [0.25, 0.3) is 0 Å². The van der Waals surface area contributed by atoms with Gasteiger partial charge in [-0.2, -0.15) is 0 Å². The van der Waals surface area contributed by atoms with Crippen molar-refractivity contribution in [2.75, 3.05) is 11.4 Å². The maximum atomic E-state index is 2.60. The summed E-state index contributed by atoms with van der Waals surface area (Å²) in [5, 5.41) is 2.59. The van der Waals surface area contributed by atoms with E-state index in [0.29, 0.717) is 0 Å². The topological polar surface area (TPSA) is 8.17 Å². The molecule has 2 heteroatoms. The summed E-state index contributed by atoms with van der Waals surface area (Å²) >= 11 is 0. The molecule has 0 saturated heterocycles. The van der Waals surface area contributed by atoms with Crippen molar-refractivity contribution in [3.8, 4) is 61.3 Å². The van der Waals surface area contributed by atoms with Gasteiger partial charge >= 0.3 is 0 Å². The summed E-state index contributed by atoms with van der Waals surface area (Å²) in [5.74, 6) is 0.239. The minimum absolute atomic E-state index is 0.0500. The molecule has 9 aromatic carbocycles. The van der Waals surface area contributed by atoms with Gasteiger partial charge in [-0.15, -0.1) is 0 Å². The fourth-order valence-electron chi connectivity index (χ4n) is 13.0. The molecule has 0 radical (unpaired) electrons. The molecule has 1 aromatic heterocycles. The second kappa shape index (κ2) is 22.0. The molecule has 2 heterocycles. The van der Waals surface area contributed by atoms with E-state index in [-0.39, 0.29) is 11.3 Å². The Bertz CT molecular complexity index is 3720. The highest BCUT2D eigenvalue weighted by atomic mass is 15.1. The normalized spacial score (nSPS) is 15.4. The number of benzene rings is 9. The highest BCUT2D eigenvalue weighted by Gasteiger charge is 2.42. The minimum Gasteiger partial charge on any atom is -0.337 e. The summed E-state index contributed by atoms with van der Waals surface area (Å²) < 4.78 is 2.42. The Hall–Kier alpha value is -7.94. The molecule has 0 fully saturated rings. The van der Waals surface area contributed by atoms with Gasteiger partial charge in [-0.1, -0.05) is 235 Å². The molecule has 1 aliphatic heterocycles. The molecule has 1 aliphatic carbocycles. The maximum absolute atomic E-state index is 2.60. The predicted molar refractivity (Wildman–Crippen MR) is 331 cm³/mol. The summed E-state index contributed by atoms with van der Waals surface area (Å²) in [6.45, 7) is 9.95. The van der Waals surface area contributed by atoms with Gasteiger partial charge in [-0.05, 0) is 159 Å². The van der Waals surface area contributed by atoms with Gasteiger partial charge in [0.1, 0.15) is 0 Å². The lowest BCUT2D eigenvalue weighted by Gasteiger charge is -2.33. The van der Waals surface area contributed by atoms with Crippen molar-refractivity contribution in [1.29, 1.82) is 0 Å². The van der Waals surface area contributed by atoms with E-state index in [1.54, 1.807) is 0 Å². The number of unbranched alkanes of at least 4 members (excludes halogenated alkanes) is 6. The Balaban J connectivity index is 0.882. The molecule has 382 valence electrons. The van der Waals surface area contributed by atoms with Crippen LogP contribution in [0.5, 0.6) is 0 Å². The van der Waals surface area contributed by atoms with Crippen LogP contribution in [0.25, 0.3) is 83.1 Å². The Labute approximate surface area is 458 Å². The maximum Gasteiger partial charge on any atom is 0.0541 e. The molecule has 10 aromatic rings. The Morgan fingerprint density at radius 2 is 0.948 bits per heavy atom. The molecule has 0 N–H and O–H groups in total. The molecule has 0 amide bonds. The molecule has 2 aliphatic rings. The molecular weight excluding hydrogens is 929 g/mol. The second-order valence-corrected chi connectivity index (χ2v) is 22.1. The zero-order valence-electron chi connectivity index (χ0n) is 45.6. The molecule has 0 spiro atoms. The summed E-state index contributed by atoms with van der Waals surface area (Å²) in [6, 6.07) is 76.2. The Morgan fingerprint density at radius 1 is 0.442 bits per heavy atom. The molecule has 0 saturated carbocycles. The quantitative estimate of drug-likeness (QED) is 0.0876. The minimum atomic E-state index is -0.0500. The average molecular weight is 1000 g/mol. The van der Waals surface area contributed by atoms with E-state index in [1.807, 2.05) is 0 Å². The summed E-state index contributed by atoms with van der Waals surface area (Å²) in [7, 11) is 0. The first-order valence-electron chi connectivity index (χ1n) is 28.8. The van der Waals surface area contributed by atoms with Crippen LogP contribution in [0, 0.1) is 6.92 Å². The summed E-state index contributed by atoms with van der Waals surface area (Å²) in [4.78, 5) is 2.50. The summed E-state index contributed by atoms with van der Waals surface area (Å²) in [6.07, 6.45) is 21.5. The van der Waals surface area contributed by atoms with Gasteiger partial charge in [0, 0.05) is 45.7 Å². The highest BCUT2D eigenvalue weighted by molar-refractivity contribution is 6.09. The standard InChI is InChI=1S/C75H72N2/c1-5-7-9-17-45-75(46-18-10-8-6-2)70-51-61(35-42-65(70)66-43-36-62(52-71(66)75)56-33-40-64(41-34-56)77-73-29-15-13-27-67(73)68-28-14-16-30-74(68)77)55-31-38-63(39-32-55)76-47-19-11-12-23-54(4)69-50-60(37-44-72(69)76)59-26-21-25-58(49-59)57-24-20-22-53(3)48-57/h11-16,19-44,48-52,54H,5-10,17-18,45-47H2,1-4H3/b19-11-,23-12-. The fraction of sp³-hybridized carbons (Fsp3) is 0.227. The van der Waals surface area contributed by atoms with Gasteiger partial charge in [0.15, 0.2) is 0 Å². The SMILES string of the molecule is CCCCCCC1(CCCCCC)c2cc(-c3ccc(N4C/C=C\C=C/C(C)c5cc(-c6cccc(-c7cccc(C)c7)c6)ccc54)cc3)ccc2-c2ccc(-c3ccc(-n4c5ccccc5c5ccccc54)cc3)cc21. The number of allylic oxidation sites excluding steroid dienone is 3. The van der Waals surface area contributed by atoms with Gasteiger partial charge in [0.05, 0.1) is 11.0 Å². The van der Waals surface area contributed by atoms with Crippen molar-refractivity contribution in [2.45, 2.75) is 103 Å². The molecule has 1 unspecified atom stereocenters. The number of aromatic nitrogens is 1. The number of rotatable bonds is 16. The molecule has 1 atom stereocenters. The smallest absolute Gasteiger partial charge is 0.0541 e. The van der Waals surface area contributed by atoms with Crippen molar-refractivity contribution in [3.05, 3.63) is 247 Å². The Kier molecular flexibility index (Phi) is 14.2. The number of anilines is 2. The van der Waals surface area contributed by atoms with E-state index in [9.17, 15) is 0 Å². The van der Waals surface area contributed by atoms with Crippen LogP contribution in [0.1, 0.15) is 113 Å². The second-order valence-electron chi connectivity index (χ2n) is 22.1. The van der Waals surface area contributed by atoms with Crippen molar-refractivity contribution in [2.24, 2.45) is 0 Å². The molecular formula is C75H72N2. The lowest BCUT2D eigenvalue weighted by Crippen LogP contribution is -2.25. The number of hydrogen-bond donors (Lipinski definition) is 0. The van der Waals surface area contributed by atoms with Gasteiger partial charge in [-0.25, -0.2) is 0 Å². The Morgan fingerprint density at radius 3 is 1.53 bits per heavy atom. The first-order valence-corrected chi connectivity index (χ1v) is 28.8. The van der Waals surface area contributed by atoms with E-state index >= 15 is 0 Å². The van der Waals surface area contributed by atoms with Crippen LogP contribution >= 0.6 is 0 Å². The first kappa shape index (κ1) is 49.9. The fourth-order valence-corrected chi connectivity index (χ4v) is 13.0. The number of aryl methyl sites for hydroxylation is 1. The molecule has 0 bridgehead atoms. The average Bonchev–Trinajstić information content (AvgIpc) is 4.00. The first-order chi connectivity index (χ1) is 37.9. The van der Waals surface area contributed by atoms with Crippen molar-refractivity contribution in [1.82, 2.24) is 4.57 Å². The largest absolute Gasteiger partial charge is 0.337 e. The van der Waals surface area contributed by atoms with Crippen LogP contribution in [0.4, 0.5) is 11.4 Å². The van der Waals surface area contributed by atoms with Crippen molar-refractivity contribution >= 4 is 33.2 Å². The molecule has 12 rings (SSSR count). The van der Waals surface area contributed by atoms with Crippen LogP contribution in [-0.4, -0.2) is 11.1 Å². The van der Waals surface area contributed by atoms with E-state index in [1.165, 1.54) is 181 Å². The third kappa shape index (κ3) is 9.69. The van der Waals surface area contributed by atoms with Crippen LogP contribution in [0.2, 0.25) is 0 Å². The van der Waals surface area contributed by atoms with E-state index in [2.05, 4.69) is 262 Å². The van der Waals surface area contributed by atoms with Crippen LogP contribution in [-0.2, 0) is 5.41 Å². The van der Waals surface area contributed by atoms with Crippen molar-refractivity contribution in [3.63, 3.8) is 0 Å². The zero-order chi connectivity index (χ0) is 52.3. The zero-order valence-corrected chi connectivity index (χ0v) is 45.6. The highest BCUT2D eigenvalue weighted by Crippen LogP contribution is 2.56. The third-order valence-corrected chi connectivity index (χ3v) is 17.1. The van der Waals surface area contributed by atoms with Crippen LogP contribution < -0.4 is 4.90 Å². The number of para-hydroxylation sites is 2. The van der Waals surface area contributed by atoms with Crippen LogP contribution in [0.3, 0.4) is 0 Å². The lowest BCUT2D eigenvalue weighted by atomic mass is 9.70. The van der Waals surface area contributed by atoms with Gasteiger partial charge < -0.3 is 9.47 Å².